The van der Waals surface area contributed by atoms with E-state index in [-0.39, 0.29) is 28.5 Å². The number of unbranched alkanes of at least 4 members (excludes halogenated alkanes) is 2. The molecule has 0 atom stereocenters. The van der Waals surface area contributed by atoms with Crippen LogP contribution in [0.3, 0.4) is 0 Å². The first kappa shape index (κ1) is 22.4. The van der Waals surface area contributed by atoms with E-state index >= 15 is 0 Å². The fourth-order valence-corrected chi connectivity index (χ4v) is 0. The summed E-state index contributed by atoms with van der Waals surface area (Å²) >= 11 is 0. The SMILES string of the molecule is [CH2-]CCC.[CH2-]CCC.[CH3-].[Pt]. The number of hydrogen-bond donors (Lipinski definition) is 0. The molecule has 0 saturated carbocycles. The van der Waals surface area contributed by atoms with Gasteiger partial charge in [-0.15, -0.1) is 0 Å². The number of rotatable bonds is 2. The van der Waals surface area contributed by atoms with Crippen LogP contribution in [0.25, 0.3) is 0 Å². The third-order valence-electron chi connectivity index (χ3n) is 0.707. The van der Waals surface area contributed by atoms with Crippen molar-refractivity contribution in [2.75, 3.05) is 0 Å². The summed E-state index contributed by atoms with van der Waals surface area (Å²) in [5, 5.41) is 0. The summed E-state index contributed by atoms with van der Waals surface area (Å²) in [5.74, 6) is 0. The molecule has 0 nitrogen and oxygen atoms in total. The van der Waals surface area contributed by atoms with Crippen molar-refractivity contribution in [1.29, 1.82) is 0 Å². The molecule has 0 aliphatic heterocycles. The van der Waals surface area contributed by atoms with Crippen LogP contribution in [-0.2, 0) is 21.1 Å². The van der Waals surface area contributed by atoms with E-state index in [1.807, 2.05) is 0 Å². The molecule has 0 aliphatic carbocycles. The molecule has 0 heterocycles. The van der Waals surface area contributed by atoms with Gasteiger partial charge in [-0.25, -0.2) is 0 Å². The molecule has 0 unspecified atom stereocenters. The summed E-state index contributed by atoms with van der Waals surface area (Å²) in [5.41, 5.74) is 0. The zero-order chi connectivity index (χ0) is 6.83. The van der Waals surface area contributed by atoms with Crippen LogP contribution >= 0.6 is 0 Å². The molecule has 0 rings (SSSR count). The van der Waals surface area contributed by atoms with Crippen molar-refractivity contribution in [3.63, 3.8) is 0 Å². The standard InChI is InChI=1S/2C4H9.CH3.Pt/c2*1-3-4-2;;/h2*1,3-4H2,2H3;1H3;/q3*-1;. The molecule has 0 N–H and O–H groups in total. The fraction of sp³-hybridized carbons (Fsp3) is 0.667. The predicted octanol–water partition coefficient (Wildman–Crippen LogP) is 3.69. The van der Waals surface area contributed by atoms with E-state index in [1.165, 1.54) is 12.8 Å². The van der Waals surface area contributed by atoms with Gasteiger partial charge in [0, 0.05) is 21.1 Å². The Morgan fingerprint density at radius 1 is 0.900 bits per heavy atom. The Morgan fingerprint density at radius 3 is 1.00 bits per heavy atom. The van der Waals surface area contributed by atoms with Gasteiger partial charge >= 0.3 is 0 Å². The third-order valence-corrected chi connectivity index (χ3v) is 0.707. The topological polar surface area (TPSA) is 0 Å². The Hall–Kier alpha value is 0.688. The Balaban J connectivity index is -0.0000000300. The normalized spacial score (nSPS) is 6.00. The molecular weight excluding hydrogens is 303 g/mol. The summed E-state index contributed by atoms with van der Waals surface area (Å²) < 4.78 is 0. The molecule has 70 valence electrons. The molecular formula is C9H21Pt-3. The molecule has 0 aromatic carbocycles. The third kappa shape index (κ3) is 71.1. The maximum Gasteiger partial charge on any atom is 0 e. The van der Waals surface area contributed by atoms with Crippen molar-refractivity contribution in [1.82, 2.24) is 0 Å². The van der Waals surface area contributed by atoms with Gasteiger partial charge in [0.05, 0.1) is 0 Å². The quantitative estimate of drug-likeness (QED) is 0.680. The minimum atomic E-state index is 0. The molecule has 1 heteroatoms. The second-order valence-corrected chi connectivity index (χ2v) is 1.71. The molecule has 0 saturated heterocycles. The van der Waals surface area contributed by atoms with Gasteiger partial charge in [0.25, 0.3) is 0 Å². The van der Waals surface area contributed by atoms with Crippen molar-refractivity contribution in [3.8, 4) is 0 Å². The smallest absolute Gasteiger partial charge is 0 e. The van der Waals surface area contributed by atoms with Gasteiger partial charge in [0.1, 0.15) is 0 Å². The van der Waals surface area contributed by atoms with Crippen LogP contribution in [-0.4, -0.2) is 0 Å². The van der Waals surface area contributed by atoms with E-state index in [2.05, 4.69) is 27.7 Å². The molecule has 0 radical (unpaired) electrons. The molecule has 0 bridgehead atoms. The monoisotopic (exact) mass is 324 g/mol. The first-order valence-electron chi connectivity index (χ1n) is 3.41. The summed E-state index contributed by atoms with van der Waals surface area (Å²) in [6.45, 7) is 11.4. The van der Waals surface area contributed by atoms with Crippen molar-refractivity contribution in [2.45, 2.75) is 39.5 Å². The van der Waals surface area contributed by atoms with Crippen LogP contribution in [0.15, 0.2) is 0 Å². The molecule has 0 fully saturated rings. The molecule has 0 spiro atoms. The fourth-order valence-electron chi connectivity index (χ4n) is 0. The van der Waals surface area contributed by atoms with E-state index in [0.29, 0.717) is 0 Å². The van der Waals surface area contributed by atoms with Crippen molar-refractivity contribution < 1.29 is 21.1 Å². The Bertz CT molecular complexity index is 12.7. The van der Waals surface area contributed by atoms with Gasteiger partial charge in [-0.3, -0.25) is 0 Å². The first-order chi connectivity index (χ1) is 3.83. The van der Waals surface area contributed by atoms with Gasteiger partial charge < -0.3 is 21.3 Å². The van der Waals surface area contributed by atoms with E-state index < -0.39 is 0 Å². The minimum absolute atomic E-state index is 0. The average molecular weight is 324 g/mol. The Morgan fingerprint density at radius 2 is 1.00 bits per heavy atom. The van der Waals surface area contributed by atoms with Crippen LogP contribution in [0.1, 0.15) is 39.5 Å². The predicted molar refractivity (Wildman–Crippen MR) is 46.9 cm³/mol. The number of hydrogen-bond acceptors (Lipinski definition) is 0. The Labute approximate surface area is 82.1 Å². The van der Waals surface area contributed by atoms with E-state index in [1.54, 1.807) is 0 Å². The summed E-state index contributed by atoms with van der Waals surface area (Å²) in [7, 11) is 0. The molecule has 0 aromatic rings. The van der Waals surface area contributed by atoms with Crippen LogP contribution in [0.2, 0.25) is 0 Å². The summed E-state index contributed by atoms with van der Waals surface area (Å²) in [6, 6.07) is 0. The average Bonchev–Trinajstić information content (AvgIpc) is 1.88. The summed E-state index contributed by atoms with van der Waals surface area (Å²) in [6.07, 6.45) is 4.56. The Kier molecular flexibility index (Phi) is 74.6. The van der Waals surface area contributed by atoms with Crippen molar-refractivity contribution in [2.24, 2.45) is 0 Å². The zero-order valence-corrected chi connectivity index (χ0v) is 9.83. The zero-order valence-electron chi connectivity index (χ0n) is 7.56. The van der Waals surface area contributed by atoms with Crippen molar-refractivity contribution in [3.05, 3.63) is 21.3 Å². The minimum Gasteiger partial charge on any atom is -0.358 e. The largest absolute Gasteiger partial charge is 0.358 e. The maximum atomic E-state index is 3.60. The van der Waals surface area contributed by atoms with Gasteiger partial charge in [0.15, 0.2) is 0 Å². The first-order valence-corrected chi connectivity index (χ1v) is 3.41. The van der Waals surface area contributed by atoms with Crippen LogP contribution in [0.4, 0.5) is 0 Å². The van der Waals surface area contributed by atoms with E-state index in [9.17, 15) is 0 Å². The molecule has 0 aliphatic rings. The van der Waals surface area contributed by atoms with Gasteiger partial charge in [-0.1, -0.05) is 26.7 Å². The maximum absolute atomic E-state index is 3.60. The van der Waals surface area contributed by atoms with Crippen LogP contribution in [0.5, 0.6) is 0 Å². The molecule has 0 aromatic heterocycles. The van der Waals surface area contributed by atoms with E-state index in [4.69, 9.17) is 0 Å². The van der Waals surface area contributed by atoms with Gasteiger partial charge in [-0.05, 0) is 0 Å². The second-order valence-electron chi connectivity index (χ2n) is 1.71. The molecule has 0 amide bonds. The summed E-state index contributed by atoms with van der Waals surface area (Å²) in [4.78, 5) is 0. The van der Waals surface area contributed by atoms with Gasteiger partial charge in [-0.2, -0.15) is 12.8 Å². The van der Waals surface area contributed by atoms with Crippen LogP contribution in [0, 0.1) is 21.3 Å². The molecule has 10 heavy (non-hydrogen) atoms. The van der Waals surface area contributed by atoms with Gasteiger partial charge in [0.2, 0.25) is 0 Å². The van der Waals surface area contributed by atoms with E-state index in [0.717, 1.165) is 12.8 Å². The van der Waals surface area contributed by atoms with Crippen molar-refractivity contribution >= 4 is 0 Å². The van der Waals surface area contributed by atoms with Crippen LogP contribution < -0.4 is 0 Å². The second kappa shape index (κ2) is 33.3.